The van der Waals surface area contributed by atoms with Gasteiger partial charge in [0.1, 0.15) is 18.4 Å². The van der Waals surface area contributed by atoms with E-state index in [-0.39, 0.29) is 12.6 Å². The van der Waals surface area contributed by atoms with Gasteiger partial charge in [0, 0.05) is 12.5 Å². The smallest absolute Gasteiger partial charge is 0.410 e. The molecule has 0 spiro atoms. The molecular weight excluding hydrogens is 354 g/mol. The molecule has 2 aliphatic heterocycles. The highest BCUT2D eigenvalue weighted by Gasteiger charge is 2.76. The second kappa shape index (κ2) is 5.50. The second-order valence-corrected chi connectivity index (χ2v) is 8.27. The van der Waals surface area contributed by atoms with Crippen LogP contribution in [0.1, 0.15) is 45.4 Å². The molecule has 8 heteroatoms. The number of furan rings is 1. The van der Waals surface area contributed by atoms with Crippen molar-refractivity contribution in [3.05, 3.63) is 24.2 Å². The molecule has 0 aromatic carbocycles. The van der Waals surface area contributed by atoms with Crippen LogP contribution in [0.15, 0.2) is 22.8 Å². The lowest BCUT2D eigenvalue weighted by Crippen LogP contribution is -2.49. The number of likely N-dealkylation sites (N-methyl/N-ethyl adjacent to an activating group) is 1. The van der Waals surface area contributed by atoms with E-state index in [4.69, 9.17) is 18.6 Å². The molecule has 146 valence electrons. The molecule has 8 nitrogen and oxygen atoms in total. The minimum Gasteiger partial charge on any atom is -0.467 e. The fourth-order valence-electron chi connectivity index (χ4n) is 4.58. The van der Waals surface area contributed by atoms with E-state index < -0.39 is 40.6 Å². The zero-order chi connectivity index (χ0) is 19.6. The van der Waals surface area contributed by atoms with Crippen LogP contribution in [0.3, 0.4) is 0 Å². The van der Waals surface area contributed by atoms with Gasteiger partial charge in [0.15, 0.2) is 6.10 Å². The van der Waals surface area contributed by atoms with E-state index in [0.717, 1.165) is 0 Å². The first-order valence-electron chi connectivity index (χ1n) is 9.01. The molecule has 3 heterocycles. The predicted octanol–water partition coefficient (Wildman–Crippen LogP) is 2.44. The first-order chi connectivity index (χ1) is 12.6. The summed E-state index contributed by atoms with van der Waals surface area (Å²) in [6.45, 7) is 5.41. The Hall–Kier alpha value is -2.51. The van der Waals surface area contributed by atoms with E-state index in [1.807, 2.05) is 20.8 Å². The zero-order valence-electron chi connectivity index (χ0n) is 15.8. The van der Waals surface area contributed by atoms with Crippen LogP contribution in [-0.4, -0.2) is 48.3 Å². The van der Waals surface area contributed by atoms with Gasteiger partial charge in [-0.3, -0.25) is 9.69 Å². The van der Waals surface area contributed by atoms with Crippen molar-refractivity contribution in [2.75, 3.05) is 13.7 Å². The van der Waals surface area contributed by atoms with Crippen LogP contribution in [-0.2, 0) is 23.8 Å². The lowest BCUT2D eigenvalue weighted by molar-refractivity contribution is -0.185. The number of rotatable bonds is 4. The van der Waals surface area contributed by atoms with Gasteiger partial charge in [-0.25, -0.2) is 9.59 Å². The lowest BCUT2D eigenvalue weighted by atomic mass is 9.66. The van der Waals surface area contributed by atoms with Crippen LogP contribution < -0.4 is 0 Å². The normalized spacial score (nSPS) is 36.7. The third-order valence-corrected chi connectivity index (χ3v) is 6.94. The number of nitrogens with zero attached hydrogens (tertiary/aromatic N) is 1. The van der Waals surface area contributed by atoms with Crippen molar-refractivity contribution in [1.82, 2.24) is 4.90 Å². The van der Waals surface area contributed by atoms with E-state index in [1.165, 1.54) is 11.2 Å². The molecule has 4 rings (SSSR count). The Morgan fingerprint density at radius 2 is 2.04 bits per heavy atom. The van der Waals surface area contributed by atoms with Gasteiger partial charge >= 0.3 is 18.0 Å². The second-order valence-electron chi connectivity index (χ2n) is 8.27. The molecule has 27 heavy (non-hydrogen) atoms. The maximum atomic E-state index is 13.0. The Morgan fingerprint density at radius 1 is 1.30 bits per heavy atom. The summed E-state index contributed by atoms with van der Waals surface area (Å²) in [5.41, 5.74) is -2.69. The SMILES string of the molecule is CN1C(=O)O[C@@H](COC(=O)[C@@]23CC[C@@](C)(C(=O)O2)C3(C)C)[C@H]1c1ccco1. The van der Waals surface area contributed by atoms with Crippen molar-refractivity contribution in [3.8, 4) is 0 Å². The van der Waals surface area contributed by atoms with Crippen molar-refractivity contribution in [3.63, 3.8) is 0 Å². The highest BCUT2D eigenvalue weighted by molar-refractivity contribution is 5.93. The molecule has 0 unspecified atom stereocenters. The van der Waals surface area contributed by atoms with Crippen LogP contribution in [0.5, 0.6) is 0 Å². The monoisotopic (exact) mass is 377 g/mol. The topological polar surface area (TPSA) is 95.3 Å². The van der Waals surface area contributed by atoms with Crippen LogP contribution >= 0.6 is 0 Å². The maximum absolute atomic E-state index is 13.0. The van der Waals surface area contributed by atoms with Gasteiger partial charge < -0.3 is 18.6 Å². The average Bonchev–Trinajstić information content (AvgIpc) is 3.30. The highest BCUT2D eigenvalue weighted by atomic mass is 16.6. The number of carbonyl (C=O) groups is 3. The molecule has 2 saturated heterocycles. The summed E-state index contributed by atoms with van der Waals surface area (Å²) in [6.07, 6.45) is 1.28. The maximum Gasteiger partial charge on any atom is 0.410 e. The van der Waals surface area contributed by atoms with Crippen molar-refractivity contribution in [2.45, 2.75) is 51.4 Å². The van der Waals surface area contributed by atoms with Gasteiger partial charge in [-0.1, -0.05) is 13.8 Å². The Balaban J connectivity index is 1.51. The lowest BCUT2D eigenvalue weighted by Gasteiger charge is -2.34. The summed E-state index contributed by atoms with van der Waals surface area (Å²) in [4.78, 5) is 38.6. The minimum atomic E-state index is -1.30. The van der Waals surface area contributed by atoms with Crippen molar-refractivity contribution in [1.29, 1.82) is 0 Å². The van der Waals surface area contributed by atoms with E-state index in [9.17, 15) is 14.4 Å². The molecule has 1 aromatic heterocycles. The van der Waals surface area contributed by atoms with E-state index in [2.05, 4.69) is 0 Å². The van der Waals surface area contributed by atoms with Crippen LogP contribution in [0, 0.1) is 10.8 Å². The number of amides is 1. The number of carbonyl (C=O) groups excluding carboxylic acids is 3. The molecular formula is C19H23NO7. The largest absolute Gasteiger partial charge is 0.467 e. The summed E-state index contributed by atoms with van der Waals surface area (Å²) in [6, 6.07) is 2.96. The van der Waals surface area contributed by atoms with Gasteiger partial charge in [-0.05, 0) is 31.9 Å². The quantitative estimate of drug-likeness (QED) is 0.587. The molecule has 2 bridgehead atoms. The third kappa shape index (κ3) is 2.12. The van der Waals surface area contributed by atoms with Gasteiger partial charge in [-0.15, -0.1) is 0 Å². The molecule has 4 atom stereocenters. The van der Waals surface area contributed by atoms with Crippen molar-refractivity contribution < 1.29 is 33.0 Å². The summed E-state index contributed by atoms with van der Waals surface area (Å²) in [7, 11) is 1.60. The Bertz CT molecular complexity index is 801. The first kappa shape index (κ1) is 17.9. The first-order valence-corrected chi connectivity index (χ1v) is 9.01. The third-order valence-electron chi connectivity index (χ3n) is 6.94. The summed E-state index contributed by atoms with van der Waals surface area (Å²) >= 11 is 0. The average molecular weight is 377 g/mol. The van der Waals surface area contributed by atoms with Gasteiger partial charge in [0.2, 0.25) is 5.60 Å². The number of hydrogen-bond acceptors (Lipinski definition) is 7. The number of cyclic esters (lactones) is 1. The number of esters is 2. The molecule has 1 aromatic rings. The minimum absolute atomic E-state index is 0.146. The number of fused-ring (bicyclic) bond motifs is 2. The Morgan fingerprint density at radius 3 is 2.59 bits per heavy atom. The van der Waals surface area contributed by atoms with E-state index >= 15 is 0 Å². The standard InChI is InChI=1S/C19H23NO7/c1-17(2)18(3)7-8-19(17,27-14(18)21)15(22)25-10-12-13(11-6-5-9-24-11)20(4)16(23)26-12/h5-6,9,12-13H,7-8,10H2,1-4H3/t12-,13+,18-,19+/m0/s1. The fraction of sp³-hybridized carbons (Fsp3) is 0.632. The Labute approximate surface area is 156 Å². The van der Waals surface area contributed by atoms with Crippen molar-refractivity contribution in [2.24, 2.45) is 10.8 Å². The molecule has 0 N–H and O–H groups in total. The molecule has 3 aliphatic rings. The van der Waals surface area contributed by atoms with E-state index in [1.54, 1.807) is 19.2 Å². The zero-order valence-corrected chi connectivity index (χ0v) is 15.8. The fourth-order valence-corrected chi connectivity index (χ4v) is 4.58. The molecule has 1 amide bonds. The summed E-state index contributed by atoms with van der Waals surface area (Å²) in [5, 5.41) is 0. The number of ether oxygens (including phenoxy) is 3. The summed E-state index contributed by atoms with van der Waals surface area (Å²) in [5.74, 6) is -0.411. The van der Waals surface area contributed by atoms with Gasteiger partial charge in [-0.2, -0.15) is 0 Å². The summed E-state index contributed by atoms with van der Waals surface area (Å²) < 4.78 is 21.8. The van der Waals surface area contributed by atoms with Crippen LogP contribution in [0.25, 0.3) is 0 Å². The molecule has 3 fully saturated rings. The van der Waals surface area contributed by atoms with Crippen LogP contribution in [0.2, 0.25) is 0 Å². The Kier molecular flexibility index (Phi) is 3.64. The molecule has 0 radical (unpaired) electrons. The number of hydrogen-bond donors (Lipinski definition) is 0. The van der Waals surface area contributed by atoms with Crippen LogP contribution in [0.4, 0.5) is 4.79 Å². The molecule has 1 saturated carbocycles. The van der Waals surface area contributed by atoms with E-state index in [0.29, 0.717) is 18.6 Å². The highest BCUT2D eigenvalue weighted by Crippen LogP contribution is 2.65. The molecule has 1 aliphatic carbocycles. The van der Waals surface area contributed by atoms with Crippen molar-refractivity contribution >= 4 is 18.0 Å². The van der Waals surface area contributed by atoms with Gasteiger partial charge in [0.05, 0.1) is 11.7 Å². The van der Waals surface area contributed by atoms with Gasteiger partial charge in [0.25, 0.3) is 0 Å². The predicted molar refractivity (Wildman–Crippen MR) is 90.4 cm³/mol.